The summed E-state index contributed by atoms with van der Waals surface area (Å²) in [5.74, 6) is 0.784. The molecule has 0 atom stereocenters. The fraction of sp³-hybridized carbons (Fsp3) is 0. The highest BCUT2D eigenvalue weighted by Crippen LogP contribution is 2.29. The molecule has 1 aromatic carbocycles. The SMILES string of the molecule is Clc1ccc(-c2cncn2-c2ccc(Br)cn2)cc1Cl. The van der Waals surface area contributed by atoms with Gasteiger partial charge in [-0.1, -0.05) is 29.3 Å². The highest BCUT2D eigenvalue weighted by atomic mass is 79.9. The van der Waals surface area contributed by atoms with Crippen LogP contribution in [0, 0.1) is 0 Å². The maximum atomic E-state index is 6.07. The Hall–Kier alpha value is -1.36. The predicted octanol–water partition coefficient (Wildman–Crippen LogP) is 5.00. The van der Waals surface area contributed by atoms with Crippen molar-refractivity contribution in [2.45, 2.75) is 0 Å². The molecule has 20 heavy (non-hydrogen) atoms. The molecule has 0 saturated heterocycles. The molecule has 0 N–H and O–H groups in total. The summed E-state index contributed by atoms with van der Waals surface area (Å²) in [5, 5.41) is 1.05. The largest absolute Gasteiger partial charge is 0.283 e. The van der Waals surface area contributed by atoms with Crippen LogP contribution in [0.15, 0.2) is 53.5 Å². The normalized spacial score (nSPS) is 10.8. The lowest BCUT2D eigenvalue weighted by molar-refractivity contribution is 0.997. The zero-order chi connectivity index (χ0) is 14.1. The molecular formula is C14H8BrCl2N3. The smallest absolute Gasteiger partial charge is 0.138 e. The number of imidazole rings is 1. The molecule has 6 heteroatoms. The molecule has 2 heterocycles. The number of hydrogen-bond acceptors (Lipinski definition) is 2. The minimum atomic E-state index is 0.515. The summed E-state index contributed by atoms with van der Waals surface area (Å²) in [6, 6.07) is 9.33. The molecule has 0 aliphatic carbocycles. The first-order valence-electron chi connectivity index (χ1n) is 5.75. The monoisotopic (exact) mass is 367 g/mol. The van der Waals surface area contributed by atoms with Gasteiger partial charge in [-0.15, -0.1) is 0 Å². The van der Waals surface area contributed by atoms with E-state index in [4.69, 9.17) is 23.2 Å². The van der Waals surface area contributed by atoms with Crippen molar-refractivity contribution in [1.82, 2.24) is 14.5 Å². The van der Waals surface area contributed by atoms with E-state index < -0.39 is 0 Å². The van der Waals surface area contributed by atoms with Gasteiger partial charge in [-0.3, -0.25) is 4.57 Å². The first-order valence-corrected chi connectivity index (χ1v) is 7.30. The Labute approximate surface area is 134 Å². The minimum Gasteiger partial charge on any atom is -0.283 e. The highest BCUT2D eigenvalue weighted by Gasteiger charge is 2.09. The standard InChI is InChI=1S/C14H8BrCl2N3/c15-10-2-4-14(19-6-10)20-8-18-7-13(20)9-1-3-11(16)12(17)5-9/h1-8H. The van der Waals surface area contributed by atoms with Crippen molar-refractivity contribution >= 4 is 39.1 Å². The Balaban J connectivity index is 2.10. The molecule has 2 aromatic heterocycles. The van der Waals surface area contributed by atoms with E-state index in [1.807, 2.05) is 28.8 Å². The van der Waals surface area contributed by atoms with Gasteiger partial charge < -0.3 is 0 Å². The average molecular weight is 369 g/mol. The lowest BCUT2D eigenvalue weighted by Crippen LogP contribution is -1.97. The van der Waals surface area contributed by atoms with E-state index in [0.29, 0.717) is 10.0 Å². The van der Waals surface area contributed by atoms with Gasteiger partial charge in [0.05, 0.1) is 21.9 Å². The van der Waals surface area contributed by atoms with Crippen molar-refractivity contribution in [3.05, 3.63) is 63.6 Å². The van der Waals surface area contributed by atoms with Gasteiger partial charge in [-0.2, -0.15) is 0 Å². The molecule has 0 spiro atoms. The van der Waals surface area contributed by atoms with E-state index in [1.54, 1.807) is 24.8 Å². The van der Waals surface area contributed by atoms with Gasteiger partial charge in [0.25, 0.3) is 0 Å². The number of hydrogen-bond donors (Lipinski definition) is 0. The van der Waals surface area contributed by atoms with Crippen LogP contribution in [-0.4, -0.2) is 14.5 Å². The maximum absolute atomic E-state index is 6.07. The fourth-order valence-corrected chi connectivity index (χ4v) is 2.39. The third-order valence-electron chi connectivity index (χ3n) is 2.81. The maximum Gasteiger partial charge on any atom is 0.138 e. The molecule has 0 fully saturated rings. The number of nitrogens with zero attached hydrogens (tertiary/aromatic N) is 3. The van der Waals surface area contributed by atoms with Gasteiger partial charge >= 0.3 is 0 Å². The minimum absolute atomic E-state index is 0.515. The van der Waals surface area contributed by atoms with Crippen molar-refractivity contribution in [3.8, 4) is 17.1 Å². The molecule has 0 amide bonds. The molecule has 0 radical (unpaired) electrons. The van der Waals surface area contributed by atoms with Crippen LogP contribution >= 0.6 is 39.1 Å². The lowest BCUT2D eigenvalue weighted by atomic mass is 10.1. The molecule has 3 rings (SSSR count). The number of rotatable bonds is 2. The van der Waals surface area contributed by atoms with Crippen molar-refractivity contribution in [2.75, 3.05) is 0 Å². The molecule has 0 saturated carbocycles. The van der Waals surface area contributed by atoms with E-state index in [-0.39, 0.29) is 0 Å². The van der Waals surface area contributed by atoms with Gasteiger partial charge in [-0.05, 0) is 40.2 Å². The van der Waals surface area contributed by atoms with Gasteiger partial charge in [0.1, 0.15) is 12.1 Å². The molecular weight excluding hydrogens is 361 g/mol. The molecule has 100 valence electrons. The molecule has 3 nitrogen and oxygen atoms in total. The summed E-state index contributed by atoms with van der Waals surface area (Å²) in [7, 11) is 0. The Bertz CT molecular complexity index is 753. The summed E-state index contributed by atoms with van der Waals surface area (Å²) in [5.41, 5.74) is 1.83. The van der Waals surface area contributed by atoms with E-state index in [2.05, 4.69) is 25.9 Å². The van der Waals surface area contributed by atoms with Crippen LogP contribution in [0.2, 0.25) is 10.0 Å². The van der Waals surface area contributed by atoms with Crippen molar-refractivity contribution in [2.24, 2.45) is 0 Å². The Morgan fingerprint density at radius 2 is 1.85 bits per heavy atom. The summed E-state index contributed by atoms with van der Waals surface area (Å²) < 4.78 is 2.82. The molecule has 0 bridgehead atoms. The summed E-state index contributed by atoms with van der Waals surface area (Å²) >= 11 is 15.4. The van der Waals surface area contributed by atoms with Gasteiger partial charge in [0.15, 0.2) is 0 Å². The van der Waals surface area contributed by atoms with Gasteiger partial charge in [0, 0.05) is 16.2 Å². The second kappa shape index (κ2) is 5.56. The van der Waals surface area contributed by atoms with Crippen molar-refractivity contribution in [3.63, 3.8) is 0 Å². The van der Waals surface area contributed by atoms with E-state index >= 15 is 0 Å². The van der Waals surface area contributed by atoms with Crippen LogP contribution in [0.1, 0.15) is 0 Å². The predicted molar refractivity (Wildman–Crippen MR) is 84.5 cm³/mol. The van der Waals surface area contributed by atoms with E-state index in [0.717, 1.165) is 21.5 Å². The molecule has 0 unspecified atom stereocenters. The number of benzene rings is 1. The van der Waals surface area contributed by atoms with Crippen LogP contribution in [0.3, 0.4) is 0 Å². The van der Waals surface area contributed by atoms with Crippen LogP contribution in [0.5, 0.6) is 0 Å². The zero-order valence-electron chi connectivity index (χ0n) is 10.1. The van der Waals surface area contributed by atoms with Crippen LogP contribution in [-0.2, 0) is 0 Å². The molecule has 3 aromatic rings. The third kappa shape index (κ3) is 2.59. The fourth-order valence-electron chi connectivity index (χ4n) is 1.86. The van der Waals surface area contributed by atoms with Gasteiger partial charge in [0.2, 0.25) is 0 Å². The second-order valence-corrected chi connectivity index (χ2v) is 5.84. The first-order chi connectivity index (χ1) is 9.65. The Morgan fingerprint density at radius 3 is 2.55 bits per heavy atom. The van der Waals surface area contributed by atoms with Crippen molar-refractivity contribution < 1.29 is 0 Å². The Kier molecular flexibility index (Phi) is 3.78. The quantitative estimate of drug-likeness (QED) is 0.636. The second-order valence-electron chi connectivity index (χ2n) is 4.11. The van der Waals surface area contributed by atoms with Crippen LogP contribution in [0.4, 0.5) is 0 Å². The van der Waals surface area contributed by atoms with E-state index in [9.17, 15) is 0 Å². The number of pyridine rings is 1. The summed E-state index contributed by atoms with van der Waals surface area (Å²) in [6.45, 7) is 0. The molecule has 0 aliphatic heterocycles. The highest BCUT2D eigenvalue weighted by molar-refractivity contribution is 9.10. The number of halogens is 3. The first kappa shape index (κ1) is 13.6. The summed E-state index contributed by atoms with van der Waals surface area (Å²) in [6.07, 6.45) is 5.23. The van der Waals surface area contributed by atoms with Crippen molar-refractivity contribution in [1.29, 1.82) is 0 Å². The zero-order valence-corrected chi connectivity index (χ0v) is 13.2. The topological polar surface area (TPSA) is 30.7 Å². The number of aromatic nitrogens is 3. The van der Waals surface area contributed by atoms with Gasteiger partial charge in [-0.25, -0.2) is 9.97 Å². The van der Waals surface area contributed by atoms with Crippen LogP contribution in [0.25, 0.3) is 17.1 Å². The average Bonchev–Trinajstić information content (AvgIpc) is 2.92. The Morgan fingerprint density at radius 1 is 1.00 bits per heavy atom. The molecule has 0 aliphatic rings. The summed E-state index contributed by atoms with van der Waals surface area (Å²) in [4.78, 5) is 8.55. The van der Waals surface area contributed by atoms with E-state index in [1.165, 1.54) is 0 Å². The van der Waals surface area contributed by atoms with Crippen LogP contribution < -0.4 is 0 Å². The lowest BCUT2D eigenvalue weighted by Gasteiger charge is -2.08. The third-order valence-corrected chi connectivity index (χ3v) is 4.02.